The van der Waals surface area contributed by atoms with E-state index in [2.05, 4.69) is 37.9 Å². The average Bonchev–Trinajstić information content (AvgIpc) is 2.46. The van der Waals surface area contributed by atoms with Gasteiger partial charge in [-0.2, -0.15) is 4.98 Å². The van der Waals surface area contributed by atoms with E-state index in [1.54, 1.807) is 0 Å². The number of H-pyrrole nitrogens is 1. The molecule has 3 N–H and O–H groups in total. The number of hydrogen-bond donors (Lipinski definition) is 3. The zero-order valence-electron chi connectivity index (χ0n) is 11.7. The van der Waals surface area contributed by atoms with Gasteiger partial charge in [0.25, 0.3) is 5.56 Å². The first-order valence-electron chi connectivity index (χ1n) is 6.51. The van der Waals surface area contributed by atoms with E-state index in [0.29, 0.717) is 12.1 Å². The van der Waals surface area contributed by atoms with Crippen LogP contribution in [-0.2, 0) is 4.79 Å². The average molecular weight is 431 g/mol. The van der Waals surface area contributed by atoms with E-state index >= 15 is 0 Å². The topological polar surface area (TPSA) is 95.1 Å². The van der Waals surface area contributed by atoms with Crippen LogP contribution < -0.4 is 10.9 Å². The lowest BCUT2D eigenvalue weighted by Gasteiger charge is -2.14. The second-order valence-electron chi connectivity index (χ2n) is 4.42. The van der Waals surface area contributed by atoms with Gasteiger partial charge < -0.3 is 15.4 Å². The number of aromatic amines is 1. The van der Waals surface area contributed by atoms with Crippen LogP contribution in [0.4, 0.5) is 5.69 Å². The summed E-state index contributed by atoms with van der Waals surface area (Å²) in [5.74, 6) is -0.543. The monoisotopic (exact) mass is 431 g/mol. The summed E-state index contributed by atoms with van der Waals surface area (Å²) >= 11 is 3.30. The van der Waals surface area contributed by atoms with E-state index < -0.39 is 10.8 Å². The van der Waals surface area contributed by atoms with Gasteiger partial charge in [-0.25, -0.2) is 0 Å². The number of benzene rings is 1. The van der Waals surface area contributed by atoms with Crippen LogP contribution in [0, 0.1) is 3.57 Å². The predicted octanol–water partition coefficient (Wildman–Crippen LogP) is 2.59. The molecule has 116 valence electrons. The summed E-state index contributed by atoms with van der Waals surface area (Å²) in [6.07, 6.45) is 0.556. The van der Waals surface area contributed by atoms with Crippen LogP contribution in [0.1, 0.15) is 13.3 Å². The molecule has 0 aliphatic carbocycles. The lowest BCUT2D eigenvalue weighted by Crippen LogP contribution is -2.25. The lowest BCUT2D eigenvalue weighted by atomic mass is 10.3. The van der Waals surface area contributed by atoms with Crippen molar-refractivity contribution >= 4 is 45.9 Å². The molecule has 1 heterocycles. The highest BCUT2D eigenvalue weighted by Crippen LogP contribution is 2.24. The summed E-state index contributed by atoms with van der Waals surface area (Å²) < 4.78 is 1.08. The fourth-order valence-corrected chi connectivity index (χ4v) is 2.96. The Balaban J connectivity index is 2.08. The van der Waals surface area contributed by atoms with E-state index in [1.807, 2.05) is 31.2 Å². The quantitative estimate of drug-likeness (QED) is 0.385. The highest BCUT2D eigenvalue weighted by atomic mass is 127. The fourth-order valence-electron chi connectivity index (χ4n) is 1.69. The highest BCUT2D eigenvalue weighted by Gasteiger charge is 2.19. The Hall–Kier alpha value is -1.55. The molecular formula is C14H14IN3O3S. The van der Waals surface area contributed by atoms with Crippen molar-refractivity contribution in [2.75, 3.05) is 5.32 Å². The molecule has 0 saturated heterocycles. The van der Waals surface area contributed by atoms with Crippen LogP contribution in [0.15, 0.2) is 40.3 Å². The summed E-state index contributed by atoms with van der Waals surface area (Å²) in [6.45, 7) is 1.87. The van der Waals surface area contributed by atoms with Gasteiger partial charge in [0.15, 0.2) is 5.16 Å². The molecule has 0 saturated carbocycles. The number of halogens is 1. The third-order valence-electron chi connectivity index (χ3n) is 2.74. The van der Waals surface area contributed by atoms with Crippen molar-refractivity contribution in [3.63, 3.8) is 0 Å². The van der Waals surface area contributed by atoms with Gasteiger partial charge in [0.1, 0.15) is 0 Å². The number of rotatable bonds is 5. The summed E-state index contributed by atoms with van der Waals surface area (Å²) in [5.41, 5.74) is 0.254. The van der Waals surface area contributed by atoms with Crippen LogP contribution in [0.3, 0.4) is 0 Å². The Kier molecular flexibility index (Phi) is 5.83. The van der Waals surface area contributed by atoms with Crippen molar-refractivity contribution in [2.45, 2.75) is 23.8 Å². The molecule has 1 aromatic carbocycles. The van der Waals surface area contributed by atoms with Crippen molar-refractivity contribution in [3.8, 4) is 5.88 Å². The Morgan fingerprint density at radius 2 is 2.14 bits per heavy atom. The lowest BCUT2D eigenvalue weighted by molar-refractivity contribution is -0.115. The van der Waals surface area contributed by atoms with Gasteiger partial charge in [0.05, 0.1) is 11.3 Å². The van der Waals surface area contributed by atoms with E-state index in [-0.39, 0.29) is 16.9 Å². The van der Waals surface area contributed by atoms with E-state index in [9.17, 15) is 14.7 Å². The fraction of sp³-hybridized carbons (Fsp3) is 0.214. The maximum absolute atomic E-state index is 12.3. The molecule has 0 fully saturated rings. The number of aromatic nitrogens is 2. The summed E-state index contributed by atoms with van der Waals surface area (Å²) in [5, 5.41) is 11.9. The molecule has 0 radical (unpaired) electrons. The van der Waals surface area contributed by atoms with Gasteiger partial charge in [0, 0.05) is 9.26 Å². The zero-order chi connectivity index (χ0) is 16.1. The van der Waals surface area contributed by atoms with Crippen molar-refractivity contribution in [1.29, 1.82) is 0 Å². The van der Waals surface area contributed by atoms with Crippen molar-refractivity contribution in [1.82, 2.24) is 9.97 Å². The molecule has 6 nitrogen and oxygen atoms in total. The van der Waals surface area contributed by atoms with Crippen LogP contribution in [0.2, 0.25) is 0 Å². The molecule has 2 aromatic rings. The zero-order valence-corrected chi connectivity index (χ0v) is 14.6. The number of carbonyl (C=O) groups is 1. The Labute approximate surface area is 144 Å². The first kappa shape index (κ1) is 16.8. The maximum atomic E-state index is 12.3. The van der Waals surface area contributed by atoms with E-state index in [4.69, 9.17) is 0 Å². The van der Waals surface area contributed by atoms with E-state index in [0.717, 1.165) is 21.4 Å². The summed E-state index contributed by atoms with van der Waals surface area (Å²) in [6, 6.07) is 8.44. The van der Waals surface area contributed by atoms with Crippen LogP contribution >= 0.6 is 34.4 Å². The Morgan fingerprint density at radius 1 is 1.45 bits per heavy atom. The van der Waals surface area contributed by atoms with Gasteiger partial charge in [-0.3, -0.25) is 9.59 Å². The first-order chi connectivity index (χ1) is 10.5. The van der Waals surface area contributed by atoms with Gasteiger partial charge in [-0.05, 0) is 53.3 Å². The van der Waals surface area contributed by atoms with Gasteiger partial charge in [-0.1, -0.05) is 18.7 Å². The van der Waals surface area contributed by atoms with Crippen molar-refractivity contribution < 1.29 is 9.90 Å². The molecule has 22 heavy (non-hydrogen) atoms. The second kappa shape index (κ2) is 7.63. The van der Waals surface area contributed by atoms with Crippen LogP contribution in [-0.4, -0.2) is 26.2 Å². The molecule has 1 atom stereocenters. The number of aromatic hydroxyl groups is 1. The number of anilines is 1. The summed E-state index contributed by atoms with van der Waals surface area (Å²) in [7, 11) is 0. The molecule has 1 aromatic heterocycles. The number of carbonyl (C=O) groups excluding carboxylic acids is 1. The van der Waals surface area contributed by atoms with Crippen molar-refractivity contribution in [2.24, 2.45) is 0 Å². The molecule has 1 amide bonds. The minimum absolute atomic E-state index is 0.181. The van der Waals surface area contributed by atoms with Gasteiger partial charge in [0.2, 0.25) is 11.8 Å². The molecule has 2 rings (SSSR count). The largest absolute Gasteiger partial charge is 0.493 e. The van der Waals surface area contributed by atoms with Gasteiger partial charge >= 0.3 is 0 Å². The molecule has 1 unspecified atom stereocenters. The number of thioether (sulfide) groups is 1. The van der Waals surface area contributed by atoms with Gasteiger partial charge in [-0.15, -0.1) is 0 Å². The highest BCUT2D eigenvalue weighted by molar-refractivity contribution is 14.1. The van der Waals surface area contributed by atoms with Crippen LogP contribution in [0.5, 0.6) is 5.88 Å². The number of amides is 1. The molecule has 8 heteroatoms. The SMILES string of the molecule is CCC(Sc1nc(O)cc(=O)[nH]1)C(=O)Nc1ccc(I)cc1. The molecule has 0 aliphatic heterocycles. The number of nitrogens with one attached hydrogen (secondary N) is 2. The molecular weight excluding hydrogens is 417 g/mol. The maximum Gasteiger partial charge on any atom is 0.255 e. The van der Waals surface area contributed by atoms with Crippen molar-refractivity contribution in [3.05, 3.63) is 44.3 Å². The minimum Gasteiger partial charge on any atom is -0.493 e. The predicted molar refractivity (Wildman–Crippen MR) is 94.2 cm³/mol. The summed E-state index contributed by atoms with van der Waals surface area (Å²) in [4.78, 5) is 29.9. The normalized spacial score (nSPS) is 11.9. The first-order valence-corrected chi connectivity index (χ1v) is 8.47. The molecule has 0 bridgehead atoms. The molecule has 0 spiro atoms. The third-order valence-corrected chi connectivity index (χ3v) is 4.70. The van der Waals surface area contributed by atoms with E-state index in [1.165, 1.54) is 0 Å². The number of hydrogen-bond acceptors (Lipinski definition) is 5. The molecule has 0 aliphatic rings. The van der Waals surface area contributed by atoms with Crippen LogP contribution in [0.25, 0.3) is 0 Å². The Bertz CT molecular complexity index is 718. The minimum atomic E-state index is -0.456. The standard InChI is InChI=1S/C14H14IN3O3S/c1-2-10(22-14-17-11(19)7-12(20)18-14)13(21)16-9-5-3-8(15)4-6-9/h3-7,10H,2H2,1H3,(H,16,21)(H2,17,18,19,20). The Morgan fingerprint density at radius 3 is 2.73 bits per heavy atom. The number of nitrogens with zero attached hydrogens (tertiary/aromatic N) is 1. The second-order valence-corrected chi connectivity index (χ2v) is 6.86. The third kappa shape index (κ3) is 4.73. The smallest absolute Gasteiger partial charge is 0.255 e.